The Morgan fingerprint density at radius 1 is 1.20 bits per heavy atom. The summed E-state index contributed by atoms with van der Waals surface area (Å²) in [5.41, 5.74) is 4.04. The Balaban J connectivity index is 1.32. The summed E-state index contributed by atoms with van der Waals surface area (Å²) in [4.78, 5) is 17.5. The first-order chi connectivity index (χ1) is 16.9. The molecule has 3 aliphatic rings. The van der Waals surface area contributed by atoms with Crippen molar-refractivity contribution in [1.82, 2.24) is 4.90 Å². The van der Waals surface area contributed by atoms with Crippen molar-refractivity contribution in [2.45, 2.75) is 82.6 Å². The molecule has 1 aromatic carbocycles. The molecule has 0 spiro atoms. The highest BCUT2D eigenvalue weighted by molar-refractivity contribution is 7.12. The van der Waals surface area contributed by atoms with E-state index < -0.39 is 37.2 Å². The molecule has 5 atom stereocenters. The number of alkyl halides is 1. The topological polar surface area (TPSA) is 90.2 Å². The quantitative estimate of drug-likeness (QED) is 0.583. The van der Waals surface area contributed by atoms with Gasteiger partial charge in [0.25, 0.3) is 0 Å². The number of halogens is 1. The van der Waals surface area contributed by atoms with Crippen LogP contribution in [0.15, 0.2) is 24.3 Å². The number of thiophene rings is 1. The Morgan fingerprint density at radius 3 is 2.71 bits per heavy atom. The third kappa shape index (κ3) is 4.91. The van der Waals surface area contributed by atoms with Gasteiger partial charge in [0.15, 0.2) is 6.17 Å². The molecule has 0 radical (unpaired) electrons. The standard InChI is InChI=1S/C27H34FNO5S/c1-15-6-7-17(26-25(32)24(31)23(28)21(14-30)34-26)10-18(15)11-20-12-19-13-29(9-8-22(19)35-20)27(33)16-4-2-3-5-16/h6-7,10,12,16,21,23-26,30-32H,2-5,8-9,11,13-14H2,1H3/t21-,23-,24+,25-,26+/m1/s1. The minimum atomic E-state index is -1.84. The summed E-state index contributed by atoms with van der Waals surface area (Å²) in [5.74, 6) is 0.517. The first kappa shape index (κ1) is 24.8. The Labute approximate surface area is 209 Å². The number of amides is 1. The predicted molar refractivity (Wildman–Crippen MR) is 131 cm³/mol. The van der Waals surface area contributed by atoms with E-state index in [1.165, 1.54) is 15.3 Å². The van der Waals surface area contributed by atoms with Gasteiger partial charge in [-0.15, -0.1) is 11.3 Å². The van der Waals surface area contributed by atoms with Gasteiger partial charge >= 0.3 is 0 Å². The van der Waals surface area contributed by atoms with Crippen molar-refractivity contribution < 1.29 is 29.2 Å². The molecule has 2 aromatic rings. The van der Waals surface area contributed by atoms with E-state index in [0.717, 1.165) is 49.8 Å². The molecule has 190 valence electrons. The molecule has 2 fully saturated rings. The molecule has 1 saturated carbocycles. The maximum atomic E-state index is 14.2. The van der Waals surface area contributed by atoms with E-state index in [-0.39, 0.29) is 5.92 Å². The van der Waals surface area contributed by atoms with Gasteiger partial charge in [0.05, 0.1) is 6.61 Å². The van der Waals surface area contributed by atoms with Crippen LogP contribution in [-0.4, -0.2) is 63.8 Å². The van der Waals surface area contributed by atoms with E-state index in [1.807, 2.05) is 30.0 Å². The smallest absolute Gasteiger partial charge is 0.225 e. The van der Waals surface area contributed by atoms with Crippen molar-refractivity contribution in [3.05, 3.63) is 56.3 Å². The Hall–Kier alpha value is -1.84. The molecule has 3 heterocycles. The van der Waals surface area contributed by atoms with Crippen molar-refractivity contribution in [2.75, 3.05) is 13.2 Å². The van der Waals surface area contributed by atoms with Crippen LogP contribution >= 0.6 is 11.3 Å². The summed E-state index contributed by atoms with van der Waals surface area (Å²) in [6.45, 7) is 2.93. The number of hydrogen-bond acceptors (Lipinski definition) is 6. The van der Waals surface area contributed by atoms with Crippen LogP contribution in [-0.2, 0) is 28.9 Å². The highest BCUT2D eigenvalue weighted by atomic mass is 32.1. The number of nitrogens with zero attached hydrogens (tertiary/aromatic N) is 1. The molecular formula is C27H34FNO5S. The first-order valence-corrected chi connectivity index (χ1v) is 13.4. The van der Waals surface area contributed by atoms with Crippen LogP contribution in [0.5, 0.6) is 0 Å². The zero-order valence-corrected chi connectivity index (χ0v) is 20.8. The number of carbonyl (C=O) groups excluding carboxylic acids is 1. The fourth-order valence-electron chi connectivity index (χ4n) is 5.70. The number of ether oxygens (including phenoxy) is 1. The second-order valence-corrected chi connectivity index (χ2v) is 11.4. The highest BCUT2D eigenvalue weighted by Crippen LogP contribution is 2.36. The first-order valence-electron chi connectivity index (χ1n) is 12.6. The number of hydrogen-bond donors (Lipinski definition) is 3. The molecule has 6 nitrogen and oxygen atoms in total. The Morgan fingerprint density at radius 2 is 1.97 bits per heavy atom. The van der Waals surface area contributed by atoms with Gasteiger partial charge in [-0.3, -0.25) is 4.79 Å². The largest absolute Gasteiger partial charge is 0.394 e. The lowest BCUT2D eigenvalue weighted by Gasteiger charge is -2.39. The molecule has 1 aromatic heterocycles. The van der Waals surface area contributed by atoms with E-state index in [1.54, 1.807) is 11.3 Å². The minimum Gasteiger partial charge on any atom is -0.394 e. The normalized spacial score (nSPS) is 29.4. The van der Waals surface area contributed by atoms with Gasteiger partial charge in [-0.25, -0.2) is 4.39 Å². The third-order valence-electron chi connectivity index (χ3n) is 7.84. The SMILES string of the molecule is Cc1ccc([C@@H]2O[C@H](CO)[C@@H](F)[C@H](O)[C@H]2O)cc1Cc1cc2c(s1)CCN(C(=O)C1CCCC1)C2. The van der Waals surface area contributed by atoms with Gasteiger partial charge < -0.3 is 25.0 Å². The van der Waals surface area contributed by atoms with Crippen molar-refractivity contribution >= 4 is 17.2 Å². The van der Waals surface area contributed by atoms with Crippen LogP contribution in [0.2, 0.25) is 0 Å². The van der Waals surface area contributed by atoms with Crippen molar-refractivity contribution in [3.8, 4) is 0 Å². The molecule has 5 rings (SSSR count). The summed E-state index contributed by atoms with van der Waals surface area (Å²) in [7, 11) is 0. The average Bonchev–Trinajstić information content (AvgIpc) is 3.53. The van der Waals surface area contributed by atoms with Gasteiger partial charge in [0.1, 0.15) is 24.4 Å². The summed E-state index contributed by atoms with van der Waals surface area (Å²) < 4.78 is 19.8. The van der Waals surface area contributed by atoms with Gasteiger partial charge in [-0.2, -0.15) is 0 Å². The van der Waals surface area contributed by atoms with E-state index in [4.69, 9.17) is 4.74 Å². The maximum absolute atomic E-state index is 14.2. The molecule has 0 bridgehead atoms. The molecule has 1 saturated heterocycles. The number of benzene rings is 1. The number of rotatable bonds is 5. The number of aryl methyl sites for hydroxylation is 1. The summed E-state index contributed by atoms with van der Waals surface area (Å²) in [6, 6.07) is 7.92. The number of carbonyl (C=O) groups is 1. The lowest BCUT2D eigenvalue weighted by atomic mass is 9.90. The number of aliphatic hydroxyl groups excluding tert-OH is 3. The van der Waals surface area contributed by atoms with E-state index in [0.29, 0.717) is 24.4 Å². The van der Waals surface area contributed by atoms with Crippen LogP contribution < -0.4 is 0 Å². The maximum Gasteiger partial charge on any atom is 0.225 e. The molecule has 1 amide bonds. The molecule has 35 heavy (non-hydrogen) atoms. The van der Waals surface area contributed by atoms with Gasteiger partial charge in [-0.05, 0) is 54.5 Å². The van der Waals surface area contributed by atoms with E-state index >= 15 is 0 Å². The van der Waals surface area contributed by atoms with E-state index in [2.05, 4.69) is 6.07 Å². The molecule has 3 N–H and O–H groups in total. The summed E-state index contributed by atoms with van der Waals surface area (Å²) >= 11 is 1.79. The number of fused-ring (bicyclic) bond motifs is 1. The second-order valence-electron chi connectivity index (χ2n) is 10.2. The van der Waals surface area contributed by atoms with Crippen LogP contribution in [0.4, 0.5) is 4.39 Å². The predicted octanol–water partition coefficient (Wildman–Crippen LogP) is 3.21. The molecular weight excluding hydrogens is 469 g/mol. The lowest BCUT2D eigenvalue weighted by Crippen LogP contribution is -2.53. The third-order valence-corrected chi connectivity index (χ3v) is 9.08. The van der Waals surface area contributed by atoms with Crippen LogP contribution in [0.25, 0.3) is 0 Å². The van der Waals surface area contributed by atoms with Crippen LogP contribution in [0.3, 0.4) is 0 Å². The molecule has 1 aliphatic carbocycles. The Kier molecular flexibility index (Phi) is 7.28. The van der Waals surface area contributed by atoms with Gasteiger partial charge in [0.2, 0.25) is 5.91 Å². The average molecular weight is 504 g/mol. The monoisotopic (exact) mass is 503 g/mol. The van der Waals surface area contributed by atoms with Crippen LogP contribution in [0.1, 0.15) is 63.8 Å². The fourth-order valence-corrected chi connectivity index (χ4v) is 6.89. The fraction of sp³-hybridized carbons (Fsp3) is 0.593. The second kappa shape index (κ2) is 10.3. The summed E-state index contributed by atoms with van der Waals surface area (Å²) in [5, 5.41) is 30.0. The number of aliphatic hydroxyl groups is 3. The molecule has 0 unspecified atom stereocenters. The van der Waals surface area contributed by atoms with Crippen LogP contribution in [0, 0.1) is 12.8 Å². The zero-order valence-electron chi connectivity index (χ0n) is 20.0. The molecule has 2 aliphatic heterocycles. The van der Waals surface area contributed by atoms with E-state index in [9.17, 15) is 24.5 Å². The molecule has 8 heteroatoms. The van der Waals surface area contributed by atoms with Crippen molar-refractivity contribution in [2.24, 2.45) is 5.92 Å². The minimum absolute atomic E-state index is 0.203. The van der Waals surface area contributed by atoms with Gasteiger partial charge in [0, 0.05) is 35.2 Å². The van der Waals surface area contributed by atoms with Crippen molar-refractivity contribution in [3.63, 3.8) is 0 Å². The summed E-state index contributed by atoms with van der Waals surface area (Å²) in [6.07, 6.45) is -1.01. The highest BCUT2D eigenvalue weighted by Gasteiger charge is 2.45. The van der Waals surface area contributed by atoms with Crippen molar-refractivity contribution in [1.29, 1.82) is 0 Å². The lowest BCUT2D eigenvalue weighted by molar-refractivity contribution is -0.214. The van der Waals surface area contributed by atoms with Gasteiger partial charge in [-0.1, -0.05) is 31.0 Å². The Bertz CT molecular complexity index is 1070. The zero-order chi connectivity index (χ0) is 24.7.